The number of halogens is 1. The molecule has 1 N–H and O–H groups in total. The fraction of sp³-hybridized carbons (Fsp3) is 0.310. The van der Waals surface area contributed by atoms with E-state index in [1.54, 1.807) is 42.3 Å². The number of amides is 2. The van der Waals surface area contributed by atoms with Crippen molar-refractivity contribution >= 4 is 39.1 Å². The Morgan fingerprint density at radius 1 is 0.947 bits per heavy atom. The second kappa shape index (κ2) is 13.4. The summed E-state index contributed by atoms with van der Waals surface area (Å²) < 4.78 is 26.3. The van der Waals surface area contributed by atoms with Crippen molar-refractivity contribution in [2.75, 3.05) is 24.2 Å². The van der Waals surface area contributed by atoms with Crippen LogP contribution in [0.25, 0.3) is 0 Å². The maximum Gasteiger partial charge on any atom is 0.242 e. The largest absolute Gasteiger partial charge is 0.357 e. The van der Waals surface area contributed by atoms with Gasteiger partial charge in [0.05, 0.1) is 11.9 Å². The van der Waals surface area contributed by atoms with Gasteiger partial charge < -0.3 is 10.2 Å². The van der Waals surface area contributed by atoms with Gasteiger partial charge in [-0.05, 0) is 48.7 Å². The third kappa shape index (κ3) is 8.33. The highest BCUT2D eigenvalue weighted by molar-refractivity contribution is 7.92. The van der Waals surface area contributed by atoms with E-state index in [1.807, 2.05) is 55.5 Å². The fourth-order valence-electron chi connectivity index (χ4n) is 4.27. The lowest BCUT2D eigenvalue weighted by atomic mass is 10.0. The topological polar surface area (TPSA) is 86.8 Å². The highest BCUT2D eigenvalue weighted by atomic mass is 35.5. The summed E-state index contributed by atoms with van der Waals surface area (Å²) >= 11 is 6.19. The molecule has 3 rings (SSSR count). The second-order valence-corrected chi connectivity index (χ2v) is 11.6. The Morgan fingerprint density at radius 2 is 1.61 bits per heavy atom. The number of aryl methyl sites for hydroxylation is 1. The van der Waals surface area contributed by atoms with Crippen LogP contribution in [0, 0.1) is 6.92 Å². The first-order chi connectivity index (χ1) is 18.1. The molecule has 3 aromatic rings. The minimum Gasteiger partial charge on any atom is -0.357 e. The van der Waals surface area contributed by atoms with Crippen LogP contribution in [0.5, 0.6) is 0 Å². The zero-order chi connectivity index (χ0) is 27.7. The Bertz CT molecular complexity index is 1330. The van der Waals surface area contributed by atoms with Crippen LogP contribution in [0.4, 0.5) is 5.69 Å². The predicted molar refractivity (Wildman–Crippen MR) is 153 cm³/mol. The van der Waals surface area contributed by atoms with Crippen LogP contribution in [0.3, 0.4) is 0 Å². The number of nitrogens with zero attached hydrogens (tertiary/aromatic N) is 2. The second-order valence-electron chi connectivity index (χ2n) is 9.25. The standard InChI is InChI=1S/C29H34ClN3O4S/c1-22-14-16-26(17-15-22)33(38(3,36)37)18-8-13-28(34)32(21-24-11-7-12-25(30)19-24)27(29(35)31-2)20-23-9-5-4-6-10-23/h4-7,9-12,14-17,19,27H,8,13,18,20-21H2,1-3H3,(H,31,35)/t27-/m0/s1. The number of hydrogen-bond acceptors (Lipinski definition) is 4. The van der Waals surface area contributed by atoms with Gasteiger partial charge in [-0.25, -0.2) is 8.42 Å². The van der Waals surface area contributed by atoms with Gasteiger partial charge in [0.1, 0.15) is 6.04 Å². The molecule has 0 heterocycles. The van der Waals surface area contributed by atoms with Crippen molar-refractivity contribution in [2.45, 2.75) is 38.8 Å². The Balaban J connectivity index is 1.84. The minimum absolute atomic E-state index is 0.0702. The number of carbonyl (C=O) groups excluding carboxylic acids is 2. The van der Waals surface area contributed by atoms with E-state index < -0.39 is 16.1 Å². The molecule has 0 spiro atoms. The molecule has 38 heavy (non-hydrogen) atoms. The van der Waals surface area contributed by atoms with E-state index in [9.17, 15) is 18.0 Å². The maximum absolute atomic E-state index is 13.6. The van der Waals surface area contributed by atoms with E-state index in [2.05, 4.69) is 5.32 Å². The third-order valence-electron chi connectivity index (χ3n) is 6.23. The molecule has 3 aromatic carbocycles. The molecule has 1 atom stereocenters. The molecule has 202 valence electrons. The Labute approximate surface area is 230 Å². The lowest BCUT2D eigenvalue weighted by Crippen LogP contribution is -2.49. The van der Waals surface area contributed by atoms with Crippen molar-refractivity contribution in [3.8, 4) is 0 Å². The summed E-state index contributed by atoms with van der Waals surface area (Å²) in [5.41, 5.74) is 3.29. The Kier molecular flexibility index (Phi) is 10.3. The number of rotatable bonds is 12. The van der Waals surface area contributed by atoms with Crippen molar-refractivity contribution in [1.29, 1.82) is 0 Å². The monoisotopic (exact) mass is 555 g/mol. The van der Waals surface area contributed by atoms with Gasteiger partial charge in [0.15, 0.2) is 0 Å². The van der Waals surface area contributed by atoms with E-state index in [4.69, 9.17) is 11.6 Å². The molecule has 0 aliphatic rings. The summed E-state index contributed by atoms with van der Waals surface area (Å²) in [6.45, 7) is 2.26. The van der Waals surface area contributed by atoms with Crippen molar-refractivity contribution in [3.63, 3.8) is 0 Å². The van der Waals surface area contributed by atoms with Crippen LogP contribution in [-0.2, 0) is 32.6 Å². The Hall–Kier alpha value is -3.36. The van der Waals surface area contributed by atoms with Crippen LogP contribution < -0.4 is 9.62 Å². The summed E-state index contributed by atoms with van der Waals surface area (Å²) in [5, 5.41) is 3.23. The number of nitrogens with one attached hydrogen (secondary N) is 1. The first-order valence-electron chi connectivity index (χ1n) is 12.4. The van der Waals surface area contributed by atoms with Crippen LogP contribution in [-0.4, -0.2) is 51.0 Å². The lowest BCUT2D eigenvalue weighted by Gasteiger charge is -2.31. The number of anilines is 1. The first-order valence-corrected chi connectivity index (χ1v) is 14.6. The summed E-state index contributed by atoms with van der Waals surface area (Å²) in [6.07, 6.45) is 1.85. The smallest absolute Gasteiger partial charge is 0.242 e. The van der Waals surface area contributed by atoms with Gasteiger partial charge in [0, 0.05) is 38.0 Å². The van der Waals surface area contributed by atoms with Gasteiger partial charge in [-0.1, -0.05) is 71.8 Å². The molecule has 0 aliphatic heterocycles. The number of hydrogen-bond donors (Lipinski definition) is 1. The van der Waals surface area contributed by atoms with E-state index in [0.717, 1.165) is 22.9 Å². The molecule has 9 heteroatoms. The SMILES string of the molecule is CNC(=O)[C@H](Cc1ccccc1)N(Cc1cccc(Cl)c1)C(=O)CCCN(c1ccc(C)cc1)S(C)(=O)=O. The normalized spacial score (nSPS) is 12.0. The van der Waals surface area contributed by atoms with Crippen molar-refractivity contribution in [1.82, 2.24) is 10.2 Å². The van der Waals surface area contributed by atoms with Gasteiger partial charge in [0.25, 0.3) is 0 Å². The average molecular weight is 556 g/mol. The van der Waals surface area contributed by atoms with Crippen molar-refractivity contribution in [2.24, 2.45) is 0 Å². The molecule has 0 bridgehead atoms. The van der Waals surface area contributed by atoms with E-state index in [0.29, 0.717) is 17.1 Å². The van der Waals surface area contributed by atoms with E-state index >= 15 is 0 Å². The van der Waals surface area contributed by atoms with Crippen LogP contribution in [0.1, 0.15) is 29.5 Å². The van der Waals surface area contributed by atoms with Crippen LogP contribution in [0.15, 0.2) is 78.9 Å². The molecule has 0 fully saturated rings. The highest BCUT2D eigenvalue weighted by Crippen LogP contribution is 2.21. The minimum atomic E-state index is -3.55. The van der Waals surface area contributed by atoms with Gasteiger partial charge >= 0.3 is 0 Å². The number of carbonyl (C=O) groups is 2. The van der Waals surface area contributed by atoms with E-state index in [-0.39, 0.29) is 37.7 Å². The molecule has 0 saturated heterocycles. The fourth-order valence-corrected chi connectivity index (χ4v) is 5.45. The summed E-state index contributed by atoms with van der Waals surface area (Å²) in [4.78, 5) is 28.2. The molecule has 0 unspecified atom stereocenters. The molecule has 0 saturated carbocycles. The Morgan fingerprint density at radius 3 is 2.21 bits per heavy atom. The lowest BCUT2D eigenvalue weighted by molar-refractivity contribution is -0.141. The zero-order valence-electron chi connectivity index (χ0n) is 21.9. The number of likely N-dealkylation sites (N-methyl/N-ethyl adjacent to an activating group) is 1. The average Bonchev–Trinajstić information content (AvgIpc) is 2.88. The first kappa shape index (κ1) is 29.2. The molecule has 0 aliphatic carbocycles. The molecule has 0 aromatic heterocycles. The van der Waals surface area contributed by atoms with Crippen molar-refractivity contribution in [3.05, 3.63) is 101 Å². The number of sulfonamides is 1. The highest BCUT2D eigenvalue weighted by Gasteiger charge is 2.30. The predicted octanol–water partition coefficient (Wildman–Crippen LogP) is 4.58. The zero-order valence-corrected chi connectivity index (χ0v) is 23.5. The van der Waals surface area contributed by atoms with Gasteiger partial charge in [-0.2, -0.15) is 0 Å². The molecular weight excluding hydrogens is 522 g/mol. The molecule has 2 amide bonds. The van der Waals surface area contributed by atoms with Crippen LogP contribution in [0.2, 0.25) is 5.02 Å². The maximum atomic E-state index is 13.6. The van der Waals surface area contributed by atoms with Gasteiger partial charge in [-0.3, -0.25) is 13.9 Å². The number of benzene rings is 3. The molecule has 7 nitrogen and oxygen atoms in total. The molecule has 0 radical (unpaired) electrons. The summed E-state index contributed by atoms with van der Waals surface area (Å²) in [7, 11) is -2.00. The van der Waals surface area contributed by atoms with Gasteiger partial charge in [-0.15, -0.1) is 0 Å². The third-order valence-corrected chi connectivity index (χ3v) is 7.66. The summed E-state index contributed by atoms with van der Waals surface area (Å²) in [5.74, 6) is -0.520. The summed E-state index contributed by atoms with van der Waals surface area (Å²) in [6, 6.07) is 23.2. The molecular formula is C29H34ClN3O4S. The van der Waals surface area contributed by atoms with Crippen molar-refractivity contribution < 1.29 is 18.0 Å². The van der Waals surface area contributed by atoms with Gasteiger partial charge in [0.2, 0.25) is 21.8 Å². The quantitative estimate of drug-likeness (QED) is 0.354. The van der Waals surface area contributed by atoms with Crippen LogP contribution >= 0.6 is 11.6 Å². The van der Waals surface area contributed by atoms with E-state index in [1.165, 1.54) is 4.31 Å².